The first-order valence-corrected chi connectivity index (χ1v) is 9.26. The van der Waals surface area contributed by atoms with E-state index in [0.29, 0.717) is 13.1 Å². The van der Waals surface area contributed by atoms with Crippen molar-refractivity contribution in [3.8, 4) is 0 Å². The van der Waals surface area contributed by atoms with Crippen molar-refractivity contribution in [2.75, 3.05) is 19.6 Å². The molecule has 2 heterocycles. The highest BCUT2D eigenvalue weighted by Crippen LogP contribution is 2.42. The summed E-state index contributed by atoms with van der Waals surface area (Å²) in [5.41, 5.74) is 1.06. The average Bonchev–Trinajstić information content (AvgIpc) is 2.61. The first-order valence-electron chi connectivity index (χ1n) is 9.26. The quantitative estimate of drug-likeness (QED) is 0.790. The molecule has 2 aliphatic heterocycles. The summed E-state index contributed by atoms with van der Waals surface area (Å²) in [7, 11) is 0. The van der Waals surface area contributed by atoms with E-state index in [0.717, 1.165) is 31.4 Å². The Balaban J connectivity index is 1.74. The van der Waals surface area contributed by atoms with Gasteiger partial charge >= 0.3 is 0 Å². The standard InChI is InChI=1S/C21H28N2O2/c1-4-18(24)22-13-10-21(11-14-22)12-15-23(21)20(25)19(16(2)3)17-8-6-5-7-9-17/h4-9,16,19H,1,10-15H2,2-3H3. The molecule has 1 aromatic rings. The van der Waals surface area contributed by atoms with Crippen LogP contribution in [0, 0.1) is 5.92 Å². The number of hydrogen-bond acceptors (Lipinski definition) is 2. The van der Waals surface area contributed by atoms with Gasteiger partial charge in [0, 0.05) is 25.2 Å². The van der Waals surface area contributed by atoms with E-state index in [1.165, 1.54) is 6.08 Å². The van der Waals surface area contributed by atoms with E-state index in [1.807, 2.05) is 23.1 Å². The van der Waals surface area contributed by atoms with Gasteiger partial charge in [-0.05, 0) is 36.8 Å². The largest absolute Gasteiger partial charge is 0.339 e. The topological polar surface area (TPSA) is 40.6 Å². The summed E-state index contributed by atoms with van der Waals surface area (Å²) in [6, 6.07) is 10.1. The summed E-state index contributed by atoms with van der Waals surface area (Å²) in [5.74, 6) is 0.411. The minimum absolute atomic E-state index is 0.00334. The number of carbonyl (C=O) groups is 2. The zero-order valence-corrected chi connectivity index (χ0v) is 15.3. The van der Waals surface area contributed by atoms with Crippen LogP contribution in [0.1, 0.15) is 44.6 Å². The molecular weight excluding hydrogens is 312 g/mol. The van der Waals surface area contributed by atoms with Gasteiger partial charge in [-0.2, -0.15) is 0 Å². The van der Waals surface area contributed by atoms with Crippen LogP contribution in [0.2, 0.25) is 0 Å². The monoisotopic (exact) mass is 340 g/mol. The Bertz CT molecular complexity index is 645. The van der Waals surface area contributed by atoms with Crippen LogP contribution in [0.4, 0.5) is 0 Å². The summed E-state index contributed by atoms with van der Waals surface area (Å²) in [6.45, 7) is 10.1. The molecule has 0 aliphatic carbocycles. The van der Waals surface area contributed by atoms with Crippen molar-refractivity contribution in [3.63, 3.8) is 0 Å². The second kappa shape index (κ2) is 7.03. The molecule has 0 aromatic heterocycles. The Kier molecular flexibility index (Phi) is 4.98. The van der Waals surface area contributed by atoms with E-state index in [1.54, 1.807) is 0 Å². The summed E-state index contributed by atoms with van der Waals surface area (Å²) < 4.78 is 0. The number of piperidine rings is 1. The molecular formula is C21H28N2O2. The zero-order chi connectivity index (χ0) is 18.0. The number of hydrogen-bond donors (Lipinski definition) is 0. The lowest BCUT2D eigenvalue weighted by atomic mass is 9.74. The number of nitrogens with zero attached hydrogens (tertiary/aromatic N) is 2. The normalized spacial score (nSPS) is 20.3. The lowest BCUT2D eigenvalue weighted by molar-refractivity contribution is -0.156. The maximum Gasteiger partial charge on any atom is 0.245 e. The molecule has 2 aliphatic rings. The van der Waals surface area contributed by atoms with Gasteiger partial charge in [0.25, 0.3) is 0 Å². The van der Waals surface area contributed by atoms with Crippen molar-refractivity contribution in [2.45, 2.75) is 44.6 Å². The maximum atomic E-state index is 13.3. The number of carbonyl (C=O) groups excluding carboxylic acids is 2. The van der Waals surface area contributed by atoms with Crippen molar-refractivity contribution >= 4 is 11.8 Å². The van der Waals surface area contributed by atoms with E-state index < -0.39 is 0 Å². The molecule has 2 saturated heterocycles. The summed E-state index contributed by atoms with van der Waals surface area (Å²) in [5, 5.41) is 0. The van der Waals surface area contributed by atoms with Crippen LogP contribution in [-0.4, -0.2) is 46.8 Å². The van der Waals surface area contributed by atoms with Crippen molar-refractivity contribution in [2.24, 2.45) is 5.92 Å². The van der Waals surface area contributed by atoms with Crippen LogP contribution >= 0.6 is 0 Å². The third kappa shape index (κ3) is 3.22. The lowest BCUT2D eigenvalue weighted by Gasteiger charge is -2.57. The van der Waals surface area contributed by atoms with Gasteiger partial charge < -0.3 is 9.80 Å². The second-order valence-electron chi connectivity index (χ2n) is 7.63. The van der Waals surface area contributed by atoms with E-state index in [4.69, 9.17) is 0 Å². The minimum atomic E-state index is -0.0915. The third-order valence-electron chi connectivity index (χ3n) is 5.91. The van der Waals surface area contributed by atoms with Gasteiger partial charge in [-0.25, -0.2) is 0 Å². The molecule has 3 rings (SSSR count). The highest BCUT2D eigenvalue weighted by atomic mass is 16.2. The fourth-order valence-corrected chi connectivity index (χ4v) is 4.32. The number of amides is 2. The van der Waals surface area contributed by atoms with Crippen LogP contribution in [0.3, 0.4) is 0 Å². The molecule has 134 valence electrons. The molecule has 0 radical (unpaired) electrons. The minimum Gasteiger partial charge on any atom is -0.339 e. The Morgan fingerprint density at radius 3 is 2.16 bits per heavy atom. The van der Waals surface area contributed by atoms with Gasteiger partial charge in [-0.1, -0.05) is 50.8 Å². The van der Waals surface area contributed by atoms with Gasteiger partial charge in [-0.15, -0.1) is 0 Å². The third-order valence-corrected chi connectivity index (χ3v) is 5.91. The molecule has 1 aromatic carbocycles. The van der Waals surface area contributed by atoms with E-state index in [2.05, 4.69) is 37.5 Å². The second-order valence-corrected chi connectivity index (χ2v) is 7.63. The number of rotatable bonds is 4. The SMILES string of the molecule is C=CC(=O)N1CCC2(CC1)CCN2C(=O)C(c1ccccc1)C(C)C. The predicted molar refractivity (Wildman–Crippen MR) is 99.1 cm³/mol. The number of likely N-dealkylation sites (tertiary alicyclic amines) is 2. The maximum absolute atomic E-state index is 13.3. The fourth-order valence-electron chi connectivity index (χ4n) is 4.32. The summed E-state index contributed by atoms with van der Waals surface area (Å²) >= 11 is 0. The Morgan fingerprint density at radius 2 is 1.68 bits per heavy atom. The van der Waals surface area contributed by atoms with Crippen molar-refractivity contribution in [1.82, 2.24) is 9.80 Å². The van der Waals surface area contributed by atoms with Gasteiger partial charge in [0.1, 0.15) is 0 Å². The number of benzene rings is 1. The van der Waals surface area contributed by atoms with Gasteiger partial charge in [0.15, 0.2) is 0 Å². The van der Waals surface area contributed by atoms with E-state index >= 15 is 0 Å². The predicted octanol–water partition coefficient (Wildman–Crippen LogP) is 3.21. The van der Waals surface area contributed by atoms with E-state index in [9.17, 15) is 9.59 Å². The van der Waals surface area contributed by atoms with Crippen LogP contribution in [0.5, 0.6) is 0 Å². The molecule has 1 unspecified atom stereocenters. The van der Waals surface area contributed by atoms with Crippen molar-refractivity contribution in [1.29, 1.82) is 0 Å². The highest BCUT2D eigenvalue weighted by Gasteiger charge is 2.50. The van der Waals surface area contributed by atoms with Crippen LogP contribution in [0.25, 0.3) is 0 Å². The highest BCUT2D eigenvalue weighted by molar-refractivity contribution is 5.87. The molecule has 25 heavy (non-hydrogen) atoms. The van der Waals surface area contributed by atoms with Crippen LogP contribution < -0.4 is 0 Å². The molecule has 0 N–H and O–H groups in total. The van der Waals surface area contributed by atoms with Crippen molar-refractivity contribution in [3.05, 3.63) is 48.6 Å². The summed E-state index contributed by atoms with van der Waals surface area (Å²) in [4.78, 5) is 29.1. The lowest BCUT2D eigenvalue weighted by Crippen LogP contribution is -2.67. The molecule has 2 amide bonds. The molecule has 2 fully saturated rings. The Labute approximate surface area is 150 Å². The van der Waals surface area contributed by atoms with Crippen LogP contribution in [0.15, 0.2) is 43.0 Å². The van der Waals surface area contributed by atoms with Gasteiger partial charge in [-0.3, -0.25) is 9.59 Å². The summed E-state index contributed by atoms with van der Waals surface area (Å²) in [6.07, 6.45) is 4.18. The van der Waals surface area contributed by atoms with Gasteiger partial charge in [0.05, 0.1) is 5.92 Å². The molecule has 1 spiro atoms. The Hall–Kier alpha value is -2.10. The molecule has 4 nitrogen and oxygen atoms in total. The molecule has 0 saturated carbocycles. The first kappa shape index (κ1) is 17.7. The van der Waals surface area contributed by atoms with E-state index in [-0.39, 0.29) is 29.2 Å². The average molecular weight is 340 g/mol. The smallest absolute Gasteiger partial charge is 0.245 e. The molecule has 0 bridgehead atoms. The first-order chi connectivity index (χ1) is 12.0. The molecule has 4 heteroatoms. The van der Waals surface area contributed by atoms with Gasteiger partial charge in [0.2, 0.25) is 11.8 Å². The molecule has 1 atom stereocenters. The fraction of sp³-hybridized carbons (Fsp3) is 0.524. The zero-order valence-electron chi connectivity index (χ0n) is 15.3. The van der Waals surface area contributed by atoms with Crippen molar-refractivity contribution < 1.29 is 9.59 Å². The Morgan fingerprint density at radius 1 is 1.08 bits per heavy atom. The van der Waals surface area contributed by atoms with Crippen LogP contribution in [-0.2, 0) is 9.59 Å².